The first-order chi connectivity index (χ1) is 17.8. The Morgan fingerprint density at radius 2 is 1.89 bits per heavy atom. The minimum Gasteiger partial charge on any atom is -0.490 e. The molecule has 0 aliphatic carbocycles. The fourth-order valence-electron chi connectivity index (χ4n) is 5.47. The van der Waals surface area contributed by atoms with E-state index in [0.717, 1.165) is 34.5 Å². The second-order valence-corrected chi connectivity index (χ2v) is 10.2. The average Bonchev–Trinajstić information content (AvgIpc) is 2.86. The smallest absolute Gasteiger partial charge is 0.236 e. The SMILES string of the molecule is CCOc1cccc2c1O[C@@]1(C)[C@H](C(=O)Nc3ccc(C)cc3C)[C@@H]2NC(=S)N1c1ccc(CC)cc1. The third kappa shape index (κ3) is 4.31. The van der Waals surface area contributed by atoms with E-state index >= 15 is 0 Å². The van der Waals surface area contributed by atoms with Crippen LogP contribution in [0.1, 0.15) is 49.1 Å². The molecule has 3 aromatic rings. The predicted molar refractivity (Wildman–Crippen MR) is 151 cm³/mol. The summed E-state index contributed by atoms with van der Waals surface area (Å²) >= 11 is 5.89. The number of aryl methyl sites for hydroxylation is 3. The molecule has 5 rings (SSSR count). The van der Waals surface area contributed by atoms with Gasteiger partial charge in [-0.2, -0.15) is 0 Å². The fourth-order valence-corrected chi connectivity index (χ4v) is 5.89. The van der Waals surface area contributed by atoms with E-state index < -0.39 is 17.7 Å². The summed E-state index contributed by atoms with van der Waals surface area (Å²) in [5, 5.41) is 7.17. The van der Waals surface area contributed by atoms with Gasteiger partial charge in [-0.3, -0.25) is 9.69 Å². The van der Waals surface area contributed by atoms with E-state index in [2.05, 4.69) is 35.8 Å². The molecule has 0 radical (unpaired) electrons. The Bertz CT molecular complexity index is 1360. The molecule has 2 N–H and O–H groups in total. The van der Waals surface area contributed by atoms with Gasteiger partial charge in [0.15, 0.2) is 22.3 Å². The van der Waals surface area contributed by atoms with E-state index in [4.69, 9.17) is 21.7 Å². The number of anilines is 2. The summed E-state index contributed by atoms with van der Waals surface area (Å²) < 4.78 is 12.7. The molecule has 3 atom stereocenters. The molecule has 2 aliphatic heterocycles. The van der Waals surface area contributed by atoms with Crippen molar-refractivity contribution >= 4 is 34.6 Å². The molecule has 0 saturated carbocycles. The minimum atomic E-state index is -1.11. The largest absolute Gasteiger partial charge is 0.490 e. The zero-order valence-electron chi connectivity index (χ0n) is 21.9. The van der Waals surface area contributed by atoms with Gasteiger partial charge in [0.2, 0.25) is 5.91 Å². The summed E-state index contributed by atoms with van der Waals surface area (Å²) in [5.41, 5.74) is 4.77. The Morgan fingerprint density at radius 1 is 1.14 bits per heavy atom. The lowest BCUT2D eigenvalue weighted by molar-refractivity contribution is -0.130. The van der Waals surface area contributed by atoms with Gasteiger partial charge in [0.25, 0.3) is 0 Å². The number of ether oxygens (including phenoxy) is 2. The van der Waals surface area contributed by atoms with Gasteiger partial charge < -0.3 is 20.1 Å². The summed E-state index contributed by atoms with van der Waals surface area (Å²) in [6.07, 6.45) is 0.935. The Morgan fingerprint density at radius 3 is 2.57 bits per heavy atom. The summed E-state index contributed by atoms with van der Waals surface area (Å²) in [5.74, 6) is 0.533. The third-order valence-corrected chi connectivity index (χ3v) is 7.61. The number of nitrogens with zero attached hydrogens (tertiary/aromatic N) is 1. The quantitative estimate of drug-likeness (QED) is 0.389. The van der Waals surface area contributed by atoms with E-state index in [1.54, 1.807) is 0 Å². The summed E-state index contributed by atoms with van der Waals surface area (Å²) in [6.45, 7) is 10.6. The molecule has 37 heavy (non-hydrogen) atoms. The second-order valence-electron chi connectivity index (χ2n) is 9.83. The lowest BCUT2D eigenvalue weighted by Crippen LogP contribution is -2.72. The molecule has 6 nitrogen and oxygen atoms in total. The topological polar surface area (TPSA) is 62.8 Å². The predicted octanol–water partition coefficient (Wildman–Crippen LogP) is 6.06. The first-order valence-electron chi connectivity index (χ1n) is 12.8. The van der Waals surface area contributed by atoms with E-state index in [9.17, 15) is 4.79 Å². The highest BCUT2D eigenvalue weighted by Gasteiger charge is 2.59. The highest BCUT2D eigenvalue weighted by atomic mass is 32.1. The summed E-state index contributed by atoms with van der Waals surface area (Å²) in [4.78, 5) is 16.0. The Kier molecular flexibility index (Phi) is 6.58. The third-order valence-electron chi connectivity index (χ3n) is 7.31. The maximum absolute atomic E-state index is 14.1. The molecular formula is C30H33N3O3S. The van der Waals surface area contributed by atoms with Gasteiger partial charge in [-0.05, 0) is 81.7 Å². The van der Waals surface area contributed by atoms with E-state index in [1.807, 2.05) is 75.1 Å². The molecule has 7 heteroatoms. The van der Waals surface area contributed by atoms with Crippen molar-refractivity contribution in [1.82, 2.24) is 5.32 Å². The van der Waals surface area contributed by atoms with Gasteiger partial charge in [0.05, 0.1) is 12.6 Å². The maximum atomic E-state index is 14.1. The molecule has 2 bridgehead atoms. The number of benzene rings is 3. The number of nitrogens with one attached hydrogen (secondary N) is 2. The first kappa shape index (κ1) is 25.1. The number of carbonyl (C=O) groups excluding carboxylic acids is 1. The molecule has 0 spiro atoms. The van der Waals surface area contributed by atoms with Gasteiger partial charge in [-0.1, -0.05) is 48.9 Å². The zero-order valence-corrected chi connectivity index (χ0v) is 22.7. The van der Waals surface area contributed by atoms with Crippen molar-refractivity contribution in [2.45, 2.75) is 52.8 Å². The average molecular weight is 516 g/mol. The van der Waals surface area contributed by atoms with Gasteiger partial charge >= 0.3 is 0 Å². The van der Waals surface area contributed by atoms with Crippen LogP contribution in [-0.2, 0) is 11.2 Å². The minimum absolute atomic E-state index is 0.142. The van der Waals surface area contributed by atoms with Crippen LogP contribution in [0.4, 0.5) is 11.4 Å². The van der Waals surface area contributed by atoms with Crippen LogP contribution in [0.3, 0.4) is 0 Å². The second kappa shape index (κ2) is 9.71. The normalized spacial score (nSPS) is 22.0. The number of thiocarbonyl (C=S) groups is 1. The van der Waals surface area contributed by atoms with Crippen LogP contribution in [0, 0.1) is 19.8 Å². The van der Waals surface area contributed by atoms with Crippen LogP contribution in [-0.4, -0.2) is 23.4 Å². The molecule has 3 aromatic carbocycles. The summed E-state index contributed by atoms with van der Waals surface area (Å²) in [6, 6.07) is 19.7. The van der Waals surface area contributed by atoms with Crippen molar-refractivity contribution < 1.29 is 14.3 Å². The summed E-state index contributed by atoms with van der Waals surface area (Å²) in [7, 11) is 0. The molecule has 1 saturated heterocycles. The molecule has 2 aliphatic rings. The number of para-hydroxylation sites is 1. The van der Waals surface area contributed by atoms with Gasteiger partial charge in [0, 0.05) is 16.9 Å². The van der Waals surface area contributed by atoms with E-state index in [1.165, 1.54) is 5.56 Å². The fraction of sp³-hybridized carbons (Fsp3) is 0.333. The van der Waals surface area contributed by atoms with Crippen molar-refractivity contribution in [3.63, 3.8) is 0 Å². The number of rotatable bonds is 6. The van der Waals surface area contributed by atoms with E-state index in [-0.39, 0.29) is 5.91 Å². The molecule has 0 unspecified atom stereocenters. The number of amides is 1. The number of hydrogen-bond donors (Lipinski definition) is 2. The monoisotopic (exact) mass is 515 g/mol. The lowest BCUT2D eigenvalue weighted by atomic mass is 9.78. The Labute approximate surface area is 224 Å². The van der Waals surface area contributed by atoms with Crippen molar-refractivity contribution in [2.75, 3.05) is 16.8 Å². The van der Waals surface area contributed by atoms with Crippen LogP contribution in [0.25, 0.3) is 0 Å². The molecule has 1 amide bonds. The van der Waals surface area contributed by atoms with Crippen LogP contribution < -0.4 is 25.0 Å². The zero-order chi connectivity index (χ0) is 26.3. The van der Waals surface area contributed by atoms with Gasteiger partial charge in [-0.15, -0.1) is 0 Å². The Balaban J connectivity index is 1.63. The molecule has 0 aromatic heterocycles. The number of carbonyl (C=O) groups is 1. The van der Waals surface area contributed by atoms with Crippen molar-refractivity contribution in [3.8, 4) is 11.5 Å². The maximum Gasteiger partial charge on any atom is 0.236 e. The highest BCUT2D eigenvalue weighted by molar-refractivity contribution is 7.80. The van der Waals surface area contributed by atoms with Crippen LogP contribution in [0.2, 0.25) is 0 Å². The first-order valence-corrected chi connectivity index (χ1v) is 13.2. The van der Waals surface area contributed by atoms with Crippen LogP contribution in [0.5, 0.6) is 11.5 Å². The van der Waals surface area contributed by atoms with Crippen molar-refractivity contribution in [3.05, 3.63) is 82.9 Å². The van der Waals surface area contributed by atoms with Crippen molar-refractivity contribution in [1.29, 1.82) is 0 Å². The molecule has 1 fully saturated rings. The molecular weight excluding hydrogens is 482 g/mol. The van der Waals surface area contributed by atoms with Gasteiger partial charge in [-0.25, -0.2) is 0 Å². The lowest BCUT2D eigenvalue weighted by Gasteiger charge is -2.56. The van der Waals surface area contributed by atoms with E-state index in [0.29, 0.717) is 23.2 Å². The molecule has 192 valence electrons. The standard InChI is InChI=1S/C30H33N3O3S/c1-6-20-12-14-21(15-13-20)33-29(37)32-26-22-9-8-10-24(35-7-2)27(22)36-30(33,5)25(26)28(34)31-23-16-11-18(3)17-19(23)4/h8-17,25-26H,6-7H2,1-5H3,(H,31,34)(H,32,37)/t25-,26+,30-/m0/s1. The van der Waals surface area contributed by atoms with Gasteiger partial charge in [0.1, 0.15) is 5.92 Å². The number of hydrogen-bond acceptors (Lipinski definition) is 4. The van der Waals surface area contributed by atoms with Crippen molar-refractivity contribution in [2.24, 2.45) is 5.92 Å². The number of fused-ring (bicyclic) bond motifs is 4. The van der Waals surface area contributed by atoms with Crippen LogP contribution >= 0.6 is 12.2 Å². The molecule has 2 heterocycles. The van der Waals surface area contributed by atoms with Crippen LogP contribution in [0.15, 0.2) is 60.7 Å². The highest BCUT2D eigenvalue weighted by Crippen LogP contribution is 2.52. The Hall–Kier alpha value is -3.58.